The number of hydrogen-bond acceptors (Lipinski definition) is 13. The van der Waals surface area contributed by atoms with E-state index in [2.05, 4.69) is 15.3 Å². The van der Waals surface area contributed by atoms with Crippen molar-refractivity contribution in [2.45, 2.75) is 44.2 Å². The van der Waals surface area contributed by atoms with Crippen molar-refractivity contribution in [3.05, 3.63) is 102 Å². The SMILES string of the molecule is Nc1ncnc2c1c(-c1ccc(Oc3ccccc3)cc1)nn2C1CCCN(C(=O)/C=C/CCOCCOCCOc2cccc3c2C(=O)N(C2CCC(=O)NC2=O)C3=O)C1. The van der Waals surface area contributed by atoms with Crippen LogP contribution in [-0.4, -0.2) is 111 Å². The van der Waals surface area contributed by atoms with Gasteiger partial charge in [-0.2, -0.15) is 5.10 Å². The highest BCUT2D eigenvalue weighted by Crippen LogP contribution is 2.36. The molecule has 0 radical (unpaired) electrons. The summed E-state index contributed by atoms with van der Waals surface area (Å²) in [4.78, 5) is 75.0. The number of ether oxygens (including phenoxy) is 4. The number of para-hydroxylation sites is 1. The van der Waals surface area contributed by atoms with Gasteiger partial charge in [-0.1, -0.05) is 30.3 Å². The molecule has 2 unspecified atom stereocenters. The third-order valence-electron chi connectivity index (χ3n) is 10.7. The van der Waals surface area contributed by atoms with Crippen LogP contribution in [-0.2, 0) is 23.9 Å². The van der Waals surface area contributed by atoms with Gasteiger partial charge in [-0.3, -0.25) is 34.2 Å². The van der Waals surface area contributed by atoms with E-state index in [0.717, 1.165) is 29.1 Å². The van der Waals surface area contributed by atoms with Crippen molar-refractivity contribution < 1.29 is 42.9 Å². The number of nitrogens with one attached hydrogen (secondary N) is 1. The fraction of sp³-hybridized carbons (Fsp3) is 0.318. The first-order valence-electron chi connectivity index (χ1n) is 20.2. The number of nitrogen functional groups attached to an aromatic ring is 1. The minimum absolute atomic E-state index is 0.0382. The molecule has 3 aliphatic rings. The van der Waals surface area contributed by atoms with E-state index in [1.807, 2.05) is 64.2 Å². The molecule has 3 aliphatic heterocycles. The number of nitrogens with zero attached hydrogens (tertiary/aromatic N) is 6. The Balaban J connectivity index is 0.764. The zero-order valence-electron chi connectivity index (χ0n) is 33.2. The number of carbonyl (C=O) groups excluding carboxylic acids is 5. The quantitative estimate of drug-likeness (QED) is 0.0799. The Morgan fingerprint density at radius 3 is 2.43 bits per heavy atom. The van der Waals surface area contributed by atoms with E-state index in [0.29, 0.717) is 67.6 Å². The van der Waals surface area contributed by atoms with Crippen molar-refractivity contribution in [1.29, 1.82) is 0 Å². The van der Waals surface area contributed by atoms with E-state index in [1.165, 1.54) is 12.4 Å². The molecule has 61 heavy (non-hydrogen) atoms. The van der Waals surface area contributed by atoms with Crippen molar-refractivity contribution >= 4 is 46.4 Å². The number of nitrogens with two attached hydrogens (primary N) is 1. The molecule has 0 aliphatic carbocycles. The Labute approximate surface area is 350 Å². The zero-order chi connectivity index (χ0) is 42.3. The second-order valence-electron chi connectivity index (χ2n) is 14.7. The molecule has 5 aromatic rings. The van der Waals surface area contributed by atoms with Crippen LogP contribution in [0.15, 0.2) is 91.3 Å². The molecule has 2 atom stereocenters. The molecule has 0 spiro atoms. The summed E-state index contributed by atoms with van der Waals surface area (Å²) < 4.78 is 24.9. The topological polar surface area (TPSA) is 210 Å². The molecule has 0 bridgehead atoms. The Kier molecular flexibility index (Phi) is 12.4. The van der Waals surface area contributed by atoms with Crippen molar-refractivity contribution in [2.24, 2.45) is 0 Å². The first-order valence-corrected chi connectivity index (χ1v) is 20.2. The minimum Gasteiger partial charge on any atom is -0.490 e. The zero-order valence-corrected chi connectivity index (χ0v) is 33.2. The van der Waals surface area contributed by atoms with Crippen LogP contribution in [0.1, 0.15) is 58.9 Å². The summed E-state index contributed by atoms with van der Waals surface area (Å²) in [6.07, 6.45) is 7.07. The van der Waals surface area contributed by atoms with Gasteiger partial charge < -0.3 is 29.6 Å². The summed E-state index contributed by atoms with van der Waals surface area (Å²) in [7, 11) is 0. The fourth-order valence-corrected chi connectivity index (χ4v) is 7.69. The molecule has 17 heteroatoms. The Hall–Kier alpha value is -6.98. The summed E-state index contributed by atoms with van der Waals surface area (Å²) in [6, 6.07) is 20.7. The average Bonchev–Trinajstić information content (AvgIpc) is 3.79. The van der Waals surface area contributed by atoms with Crippen molar-refractivity contribution in [3.8, 4) is 28.5 Å². The smallest absolute Gasteiger partial charge is 0.266 e. The fourth-order valence-electron chi connectivity index (χ4n) is 7.69. The Morgan fingerprint density at radius 2 is 1.62 bits per heavy atom. The second kappa shape index (κ2) is 18.5. The molecule has 2 fully saturated rings. The van der Waals surface area contributed by atoms with Crippen LogP contribution in [0, 0.1) is 0 Å². The molecule has 8 rings (SSSR count). The lowest BCUT2D eigenvalue weighted by Gasteiger charge is -2.32. The van der Waals surface area contributed by atoms with Gasteiger partial charge in [0.2, 0.25) is 17.7 Å². The summed E-state index contributed by atoms with van der Waals surface area (Å²) >= 11 is 0. The molecule has 3 aromatic carbocycles. The van der Waals surface area contributed by atoms with Gasteiger partial charge in [-0.25, -0.2) is 14.6 Å². The molecule has 5 amide bonds. The summed E-state index contributed by atoms with van der Waals surface area (Å²) in [5.41, 5.74) is 8.73. The van der Waals surface area contributed by atoms with E-state index in [4.69, 9.17) is 29.8 Å². The number of benzene rings is 3. The number of anilines is 1. The molecular weight excluding hydrogens is 785 g/mol. The average molecular weight is 829 g/mol. The summed E-state index contributed by atoms with van der Waals surface area (Å²) in [5.74, 6) is -0.464. The Morgan fingerprint density at radius 1 is 0.852 bits per heavy atom. The highest BCUT2D eigenvalue weighted by Gasteiger charge is 2.46. The standard InChI is InChI=1S/C44H44N8O9/c45-40-38-39(28-14-16-31(17-15-28)61-30-9-2-1-3-10-30)49-52(41(38)47-27-46-40)29-8-7-20-50(26-29)36(54)13-4-5-21-58-22-23-59-24-25-60-34-12-6-11-32-37(34)44(57)51(43(32)56)33-18-19-35(53)48-42(33)55/h1-4,6,9-17,27,29,33H,5,7-8,18-26H2,(H2,45,46,47)(H,48,53,55)/b13-4+. The van der Waals surface area contributed by atoms with Crippen LogP contribution in [0.4, 0.5) is 5.82 Å². The van der Waals surface area contributed by atoms with Gasteiger partial charge in [0, 0.05) is 25.1 Å². The van der Waals surface area contributed by atoms with Crippen LogP contribution in [0.3, 0.4) is 0 Å². The number of likely N-dealkylation sites (tertiary alicyclic amines) is 1. The van der Waals surface area contributed by atoms with Gasteiger partial charge >= 0.3 is 0 Å². The predicted octanol–water partition coefficient (Wildman–Crippen LogP) is 4.49. The molecule has 0 saturated carbocycles. The Bertz CT molecular complexity index is 2470. The van der Waals surface area contributed by atoms with E-state index in [1.54, 1.807) is 24.3 Å². The molecule has 2 saturated heterocycles. The van der Waals surface area contributed by atoms with Crippen LogP contribution >= 0.6 is 0 Å². The number of aromatic nitrogens is 4. The summed E-state index contributed by atoms with van der Waals surface area (Å²) in [5, 5.41) is 7.84. The first kappa shape index (κ1) is 40.8. The van der Waals surface area contributed by atoms with Gasteiger partial charge in [0.1, 0.15) is 47.7 Å². The van der Waals surface area contributed by atoms with Crippen LogP contribution in [0.2, 0.25) is 0 Å². The molecule has 5 heterocycles. The maximum atomic E-state index is 13.2. The van der Waals surface area contributed by atoms with E-state index < -0.39 is 29.7 Å². The number of piperidine rings is 2. The van der Waals surface area contributed by atoms with Crippen LogP contribution in [0.5, 0.6) is 17.2 Å². The normalized spacial score (nSPS) is 17.9. The lowest BCUT2D eigenvalue weighted by molar-refractivity contribution is -0.136. The minimum atomic E-state index is -1.06. The van der Waals surface area contributed by atoms with Crippen molar-refractivity contribution in [1.82, 2.24) is 34.9 Å². The van der Waals surface area contributed by atoms with Gasteiger partial charge in [0.05, 0.1) is 49.0 Å². The number of rotatable bonds is 16. The molecule has 3 N–H and O–H groups in total. The number of imide groups is 2. The van der Waals surface area contributed by atoms with Crippen LogP contribution < -0.4 is 20.5 Å². The highest BCUT2D eigenvalue weighted by atomic mass is 16.5. The summed E-state index contributed by atoms with van der Waals surface area (Å²) in [6.45, 7) is 2.41. The lowest BCUT2D eigenvalue weighted by atomic mass is 10.0. The monoisotopic (exact) mass is 828 g/mol. The largest absolute Gasteiger partial charge is 0.490 e. The van der Waals surface area contributed by atoms with Gasteiger partial charge in [0.15, 0.2) is 5.65 Å². The van der Waals surface area contributed by atoms with Crippen LogP contribution in [0.25, 0.3) is 22.3 Å². The predicted molar refractivity (Wildman–Crippen MR) is 221 cm³/mol. The third-order valence-corrected chi connectivity index (χ3v) is 10.7. The number of fused-ring (bicyclic) bond motifs is 2. The molecular formula is C44H44N8O9. The highest BCUT2D eigenvalue weighted by molar-refractivity contribution is 6.24. The third kappa shape index (κ3) is 8.97. The second-order valence-corrected chi connectivity index (χ2v) is 14.7. The van der Waals surface area contributed by atoms with E-state index in [9.17, 15) is 24.0 Å². The van der Waals surface area contributed by atoms with Crippen molar-refractivity contribution in [3.63, 3.8) is 0 Å². The molecule has 17 nitrogen and oxygen atoms in total. The maximum Gasteiger partial charge on any atom is 0.266 e. The van der Waals surface area contributed by atoms with Gasteiger partial charge in [-0.15, -0.1) is 0 Å². The molecule has 2 aromatic heterocycles. The number of carbonyl (C=O) groups is 5. The van der Waals surface area contributed by atoms with Gasteiger partial charge in [0.25, 0.3) is 11.8 Å². The number of hydrogen-bond donors (Lipinski definition) is 2. The molecule has 314 valence electrons. The maximum absolute atomic E-state index is 13.2. The van der Waals surface area contributed by atoms with E-state index >= 15 is 0 Å². The van der Waals surface area contributed by atoms with Gasteiger partial charge in [-0.05, 0) is 80.3 Å². The lowest BCUT2D eigenvalue weighted by Crippen LogP contribution is -2.54. The first-order chi connectivity index (χ1) is 29.8. The van der Waals surface area contributed by atoms with Crippen molar-refractivity contribution in [2.75, 3.05) is 51.9 Å². The number of amides is 5. The van der Waals surface area contributed by atoms with E-state index in [-0.39, 0.29) is 54.9 Å².